The number of Topliss-reactive ketones (excluding diaryl/α,β-unsaturated/α-hetero) is 1. The van der Waals surface area contributed by atoms with E-state index < -0.39 is 0 Å². The topological polar surface area (TPSA) is 17.1 Å². The van der Waals surface area contributed by atoms with Crippen molar-refractivity contribution in [1.29, 1.82) is 0 Å². The van der Waals surface area contributed by atoms with Gasteiger partial charge in [-0.3, -0.25) is 4.79 Å². The van der Waals surface area contributed by atoms with E-state index in [1.165, 1.54) is 32.1 Å². The lowest BCUT2D eigenvalue weighted by Crippen LogP contribution is -2.33. The summed E-state index contributed by atoms with van der Waals surface area (Å²) in [4.78, 5) is 11.7. The van der Waals surface area contributed by atoms with Crippen molar-refractivity contribution in [2.24, 2.45) is 28.6 Å². The number of carbonyl (C=O) groups is 1. The van der Waals surface area contributed by atoms with Crippen molar-refractivity contribution >= 4 is 5.78 Å². The molecule has 1 spiro atoms. The SMILES string of the molecule is CC(=O)C1CCC23CCC(CC12)C3(C)C. The Balaban J connectivity index is 2.00. The van der Waals surface area contributed by atoms with Crippen molar-refractivity contribution in [3.63, 3.8) is 0 Å². The average Bonchev–Trinajstić information content (AvgIpc) is 2.72. The Labute approximate surface area is 92.6 Å². The minimum absolute atomic E-state index is 0.412. The van der Waals surface area contributed by atoms with Crippen molar-refractivity contribution < 1.29 is 4.79 Å². The Morgan fingerprint density at radius 1 is 1.20 bits per heavy atom. The molecule has 0 radical (unpaired) electrons. The fourth-order valence-corrected chi connectivity index (χ4v) is 5.41. The zero-order valence-electron chi connectivity index (χ0n) is 10.2. The number of carbonyl (C=O) groups excluding carboxylic acids is 1. The second kappa shape index (κ2) is 2.67. The lowest BCUT2D eigenvalue weighted by molar-refractivity contribution is -0.122. The van der Waals surface area contributed by atoms with E-state index in [4.69, 9.17) is 0 Å². The smallest absolute Gasteiger partial charge is 0.133 e. The average molecular weight is 206 g/mol. The van der Waals surface area contributed by atoms with Crippen LogP contribution < -0.4 is 0 Å². The van der Waals surface area contributed by atoms with Gasteiger partial charge in [0.25, 0.3) is 0 Å². The van der Waals surface area contributed by atoms with Gasteiger partial charge >= 0.3 is 0 Å². The van der Waals surface area contributed by atoms with Crippen LogP contribution >= 0.6 is 0 Å². The lowest BCUT2D eigenvalue weighted by atomic mass is 9.65. The molecule has 4 atom stereocenters. The molecule has 2 bridgehead atoms. The highest BCUT2D eigenvalue weighted by atomic mass is 16.1. The van der Waals surface area contributed by atoms with Crippen LogP contribution in [0.4, 0.5) is 0 Å². The van der Waals surface area contributed by atoms with Crippen LogP contribution in [0.25, 0.3) is 0 Å². The van der Waals surface area contributed by atoms with E-state index in [9.17, 15) is 4.79 Å². The highest BCUT2D eigenvalue weighted by Gasteiger charge is 2.67. The van der Waals surface area contributed by atoms with Crippen molar-refractivity contribution in [2.75, 3.05) is 0 Å². The number of ketones is 1. The Hall–Kier alpha value is -0.330. The molecule has 1 heteroatoms. The fraction of sp³-hybridized carbons (Fsp3) is 0.929. The second-order valence-electron chi connectivity index (χ2n) is 6.71. The van der Waals surface area contributed by atoms with Gasteiger partial charge in [0, 0.05) is 5.92 Å². The minimum Gasteiger partial charge on any atom is -0.300 e. The Morgan fingerprint density at radius 2 is 1.87 bits per heavy atom. The summed E-state index contributed by atoms with van der Waals surface area (Å²) in [6, 6.07) is 0. The third kappa shape index (κ3) is 0.933. The molecule has 15 heavy (non-hydrogen) atoms. The molecule has 0 amide bonds. The highest BCUT2D eigenvalue weighted by molar-refractivity contribution is 5.79. The van der Waals surface area contributed by atoms with Crippen LogP contribution in [0.3, 0.4) is 0 Å². The monoisotopic (exact) mass is 206 g/mol. The van der Waals surface area contributed by atoms with Crippen LogP contribution in [-0.2, 0) is 4.79 Å². The molecule has 3 aliphatic rings. The molecule has 3 fully saturated rings. The van der Waals surface area contributed by atoms with Gasteiger partial charge in [0.05, 0.1) is 0 Å². The van der Waals surface area contributed by atoms with Gasteiger partial charge in [-0.25, -0.2) is 0 Å². The zero-order chi connectivity index (χ0) is 10.8. The van der Waals surface area contributed by atoms with Crippen LogP contribution in [0, 0.1) is 28.6 Å². The maximum atomic E-state index is 11.7. The third-order valence-electron chi connectivity index (χ3n) is 6.40. The van der Waals surface area contributed by atoms with Crippen molar-refractivity contribution in [3.8, 4) is 0 Å². The Morgan fingerprint density at radius 3 is 2.47 bits per heavy atom. The molecule has 0 aromatic heterocycles. The molecular formula is C14H22O. The standard InChI is InChI=1S/C14H22O/c1-9(15)11-5-7-14-6-4-10(8-12(11)14)13(14,2)3/h10-12H,4-8H2,1-3H3. The van der Waals surface area contributed by atoms with E-state index in [2.05, 4.69) is 13.8 Å². The van der Waals surface area contributed by atoms with Gasteiger partial charge < -0.3 is 0 Å². The van der Waals surface area contributed by atoms with Gasteiger partial charge in [-0.15, -0.1) is 0 Å². The summed E-state index contributed by atoms with van der Waals surface area (Å²) in [6.07, 6.45) is 6.67. The van der Waals surface area contributed by atoms with Crippen molar-refractivity contribution in [3.05, 3.63) is 0 Å². The molecule has 0 aromatic rings. The highest BCUT2D eigenvalue weighted by Crippen LogP contribution is 2.74. The normalized spacial score (nSPS) is 50.7. The largest absolute Gasteiger partial charge is 0.300 e. The van der Waals surface area contributed by atoms with Gasteiger partial charge in [-0.2, -0.15) is 0 Å². The van der Waals surface area contributed by atoms with Crippen LogP contribution in [0.1, 0.15) is 52.9 Å². The molecule has 1 nitrogen and oxygen atoms in total. The van der Waals surface area contributed by atoms with Crippen LogP contribution in [0.15, 0.2) is 0 Å². The zero-order valence-corrected chi connectivity index (χ0v) is 10.2. The Bertz CT molecular complexity index is 317. The summed E-state index contributed by atoms with van der Waals surface area (Å²) in [5, 5.41) is 0. The minimum atomic E-state index is 0.412. The number of rotatable bonds is 1. The van der Waals surface area contributed by atoms with E-state index >= 15 is 0 Å². The molecule has 3 saturated carbocycles. The molecule has 84 valence electrons. The predicted octanol–water partition coefficient (Wildman–Crippen LogP) is 3.43. The molecule has 4 unspecified atom stereocenters. The molecule has 0 N–H and O–H groups in total. The molecular weight excluding hydrogens is 184 g/mol. The molecule has 3 rings (SSSR count). The first-order chi connectivity index (χ1) is 6.99. The third-order valence-corrected chi connectivity index (χ3v) is 6.40. The van der Waals surface area contributed by atoms with Gasteiger partial charge in [-0.1, -0.05) is 13.8 Å². The van der Waals surface area contributed by atoms with Gasteiger partial charge in [0.1, 0.15) is 5.78 Å². The summed E-state index contributed by atoms with van der Waals surface area (Å²) >= 11 is 0. The van der Waals surface area contributed by atoms with E-state index in [0.717, 1.165) is 11.8 Å². The van der Waals surface area contributed by atoms with Gasteiger partial charge in [0.15, 0.2) is 0 Å². The summed E-state index contributed by atoms with van der Waals surface area (Å²) in [7, 11) is 0. The number of fused-ring (bicyclic) bond motifs is 1. The predicted molar refractivity (Wildman–Crippen MR) is 60.5 cm³/mol. The van der Waals surface area contributed by atoms with Crippen molar-refractivity contribution in [2.45, 2.75) is 52.9 Å². The first-order valence-electron chi connectivity index (χ1n) is 6.49. The first kappa shape index (κ1) is 9.86. The fourth-order valence-electron chi connectivity index (χ4n) is 5.41. The first-order valence-corrected chi connectivity index (χ1v) is 6.49. The van der Waals surface area contributed by atoms with Gasteiger partial charge in [-0.05, 0) is 61.7 Å². The molecule has 0 heterocycles. The van der Waals surface area contributed by atoms with E-state index in [0.29, 0.717) is 22.5 Å². The van der Waals surface area contributed by atoms with E-state index in [1.807, 2.05) is 6.92 Å². The van der Waals surface area contributed by atoms with Gasteiger partial charge in [0.2, 0.25) is 0 Å². The Kier molecular flexibility index (Phi) is 1.76. The van der Waals surface area contributed by atoms with Crippen LogP contribution in [0.2, 0.25) is 0 Å². The molecule has 3 aliphatic carbocycles. The number of hydrogen-bond donors (Lipinski definition) is 0. The molecule has 0 saturated heterocycles. The maximum absolute atomic E-state index is 11.7. The number of hydrogen-bond acceptors (Lipinski definition) is 1. The second-order valence-corrected chi connectivity index (χ2v) is 6.71. The van der Waals surface area contributed by atoms with Crippen LogP contribution in [-0.4, -0.2) is 5.78 Å². The van der Waals surface area contributed by atoms with E-state index in [-0.39, 0.29) is 0 Å². The molecule has 0 aromatic carbocycles. The maximum Gasteiger partial charge on any atom is 0.133 e. The van der Waals surface area contributed by atoms with E-state index in [1.54, 1.807) is 0 Å². The summed E-state index contributed by atoms with van der Waals surface area (Å²) in [5.74, 6) is 2.52. The van der Waals surface area contributed by atoms with Crippen LogP contribution in [0.5, 0.6) is 0 Å². The molecule has 0 aliphatic heterocycles. The summed E-state index contributed by atoms with van der Waals surface area (Å²) < 4.78 is 0. The van der Waals surface area contributed by atoms with Crippen molar-refractivity contribution in [1.82, 2.24) is 0 Å². The summed E-state index contributed by atoms with van der Waals surface area (Å²) in [6.45, 7) is 6.74. The lowest BCUT2D eigenvalue weighted by Gasteiger charge is -2.39. The quantitative estimate of drug-likeness (QED) is 0.642. The summed E-state index contributed by atoms with van der Waals surface area (Å²) in [5.41, 5.74) is 1.07.